The Bertz CT molecular complexity index is 1030. The van der Waals surface area contributed by atoms with Gasteiger partial charge in [-0.1, -0.05) is 30.0 Å². The van der Waals surface area contributed by atoms with Crippen LogP contribution in [0.25, 0.3) is 11.2 Å². The van der Waals surface area contributed by atoms with Gasteiger partial charge in [-0.3, -0.25) is 9.59 Å². The van der Waals surface area contributed by atoms with Crippen LogP contribution in [0.5, 0.6) is 0 Å². The summed E-state index contributed by atoms with van der Waals surface area (Å²) >= 11 is 1.35. The van der Waals surface area contributed by atoms with E-state index in [9.17, 15) is 9.59 Å². The Labute approximate surface area is 154 Å². The van der Waals surface area contributed by atoms with E-state index in [0.29, 0.717) is 22.9 Å². The number of amides is 1. The lowest BCUT2D eigenvalue weighted by atomic mass is 10.0. The van der Waals surface area contributed by atoms with Crippen LogP contribution in [0, 0.1) is 0 Å². The topological polar surface area (TPSA) is 83.9 Å². The minimum Gasteiger partial charge on any atom is -0.311 e. The van der Waals surface area contributed by atoms with Crippen LogP contribution in [0.3, 0.4) is 0 Å². The molecule has 7 nitrogen and oxygen atoms in total. The monoisotopic (exact) mass is 369 g/mol. The zero-order valence-electron chi connectivity index (χ0n) is 14.4. The lowest BCUT2D eigenvalue weighted by Gasteiger charge is -2.29. The third-order valence-electron chi connectivity index (χ3n) is 4.56. The third kappa shape index (κ3) is 2.90. The van der Waals surface area contributed by atoms with Crippen LogP contribution in [-0.2, 0) is 17.8 Å². The zero-order valence-corrected chi connectivity index (χ0v) is 15.3. The van der Waals surface area contributed by atoms with Gasteiger partial charge in [-0.2, -0.15) is 0 Å². The second kappa shape index (κ2) is 6.95. The van der Waals surface area contributed by atoms with E-state index in [2.05, 4.69) is 21.0 Å². The number of nitrogens with zero attached hydrogens (tertiary/aromatic N) is 4. The fraction of sp³-hybridized carbons (Fsp3) is 0.333. The molecule has 0 saturated heterocycles. The van der Waals surface area contributed by atoms with Gasteiger partial charge in [0.15, 0.2) is 16.3 Å². The first-order valence-corrected chi connectivity index (χ1v) is 9.62. The van der Waals surface area contributed by atoms with E-state index in [1.165, 1.54) is 23.7 Å². The molecule has 1 N–H and O–H groups in total. The van der Waals surface area contributed by atoms with Gasteiger partial charge >= 0.3 is 0 Å². The summed E-state index contributed by atoms with van der Waals surface area (Å²) in [6.45, 7) is 3.34. The number of hydrogen-bond donors (Lipinski definition) is 1. The number of fused-ring (bicyclic) bond motifs is 2. The second-order valence-corrected chi connectivity index (χ2v) is 7.05. The first-order valence-electron chi connectivity index (χ1n) is 8.64. The van der Waals surface area contributed by atoms with Crippen LogP contribution in [0.15, 0.2) is 40.5 Å². The van der Waals surface area contributed by atoms with Gasteiger partial charge in [0.1, 0.15) is 0 Å². The SMILES string of the molecule is CCn1c(SCC(=O)N2CCCc3ccccc32)nc2c(=O)[nH]cnc21. The van der Waals surface area contributed by atoms with Crippen molar-refractivity contribution in [3.8, 4) is 0 Å². The number of H-pyrrole nitrogens is 1. The second-order valence-electron chi connectivity index (χ2n) is 6.11. The molecule has 2 aromatic heterocycles. The summed E-state index contributed by atoms with van der Waals surface area (Å²) in [5, 5.41) is 0.644. The number of imidazole rings is 1. The number of carbonyl (C=O) groups excluding carboxylic acids is 1. The molecule has 1 aliphatic rings. The van der Waals surface area contributed by atoms with E-state index in [1.54, 1.807) is 0 Å². The molecule has 0 unspecified atom stereocenters. The van der Waals surface area contributed by atoms with E-state index >= 15 is 0 Å². The number of nitrogens with one attached hydrogen (secondary N) is 1. The molecule has 0 atom stereocenters. The summed E-state index contributed by atoms with van der Waals surface area (Å²) in [6.07, 6.45) is 3.36. The van der Waals surface area contributed by atoms with Crippen molar-refractivity contribution in [3.05, 3.63) is 46.5 Å². The molecule has 0 bridgehead atoms. The van der Waals surface area contributed by atoms with Gasteiger partial charge in [-0.25, -0.2) is 9.97 Å². The van der Waals surface area contributed by atoms with Gasteiger partial charge in [0, 0.05) is 18.8 Å². The Morgan fingerprint density at radius 3 is 3.04 bits per heavy atom. The molecule has 3 aromatic rings. The van der Waals surface area contributed by atoms with Crippen LogP contribution < -0.4 is 10.5 Å². The fourth-order valence-corrected chi connectivity index (χ4v) is 4.26. The van der Waals surface area contributed by atoms with Crippen molar-refractivity contribution in [1.29, 1.82) is 0 Å². The maximum atomic E-state index is 12.8. The predicted octanol–water partition coefficient (Wildman–Crippen LogP) is 2.21. The van der Waals surface area contributed by atoms with Crippen LogP contribution in [0.4, 0.5) is 5.69 Å². The van der Waals surface area contributed by atoms with E-state index in [4.69, 9.17) is 0 Å². The molecule has 4 rings (SSSR count). The molecule has 0 spiro atoms. The van der Waals surface area contributed by atoms with Gasteiger partial charge in [0.2, 0.25) is 5.91 Å². The largest absolute Gasteiger partial charge is 0.311 e. The zero-order chi connectivity index (χ0) is 18.1. The van der Waals surface area contributed by atoms with Gasteiger partial charge in [-0.05, 0) is 31.4 Å². The van der Waals surface area contributed by atoms with Crippen LogP contribution in [-0.4, -0.2) is 37.7 Å². The standard InChI is InChI=1S/C18H19N5O2S/c1-2-22-16-15(17(25)20-11-19-16)21-18(22)26-10-14(24)23-9-5-7-12-6-3-4-8-13(12)23/h3-4,6,8,11H,2,5,7,9-10H2,1H3,(H,19,20,25). The number of aryl methyl sites for hydroxylation is 2. The molecular formula is C18H19N5O2S. The Kier molecular flexibility index (Phi) is 4.50. The quantitative estimate of drug-likeness (QED) is 0.713. The van der Waals surface area contributed by atoms with Crippen molar-refractivity contribution in [1.82, 2.24) is 19.5 Å². The highest BCUT2D eigenvalue weighted by molar-refractivity contribution is 7.99. The van der Waals surface area contributed by atoms with Crippen molar-refractivity contribution in [2.75, 3.05) is 17.2 Å². The van der Waals surface area contributed by atoms with Crippen LogP contribution in [0.1, 0.15) is 18.9 Å². The summed E-state index contributed by atoms with van der Waals surface area (Å²) in [7, 11) is 0. The number of rotatable bonds is 4. The fourth-order valence-electron chi connectivity index (χ4n) is 3.32. The number of hydrogen-bond acceptors (Lipinski definition) is 5. The van der Waals surface area contributed by atoms with Crippen LogP contribution in [0.2, 0.25) is 0 Å². The Morgan fingerprint density at radius 1 is 1.35 bits per heavy atom. The Morgan fingerprint density at radius 2 is 2.19 bits per heavy atom. The minimum absolute atomic E-state index is 0.0544. The number of benzene rings is 1. The molecule has 26 heavy (non-hydrogen) atoms. The minimum atomic E-state index is -0.264. The molecule has 0 saturated carbocycles. The lowest BCUT2D eigenvalue weighted by Crippen LogP contribution is -2.36. The smallest absolute Gasteiger partial charge is 0.278 e. The predicted molar refractivity (Wildman–Crippen MR) is 102 cm³/mol. The molecule has 8 heteroatoms. The molecule has 0 fully saturated rings. The molecule has 1 aliphatic heterocycles. The lowest BCUT2D eigenvalue weighted by molar-refractivity contribution is -0.116. The molecule has 0 radical (unpaired) electrons. The molecule has 134 valence electrons. The maximum absolute atomic E-state index is 12.8. The molecule has 3 heterocycles. The summed E-state index contributed by atoms with van der Waals surface area (Å²) in [4.78, 5) is 37.7. The van der Waals surface area contributed by atoms with E-state index in [1.807, 2.05) is 34.6 Å². The van der Waals surface area contributed by atoms with Gasteiger partial charge in [0.25, 0.3) is 5.56 Å². The van der Waals surface area contributed by atoms with Crippen LogP contribution >= 0.6 is 11.8 Å². The number of anilines is 1. The number of carbonyl (C=O) groups is 1. The van der Waals surface area contributed by atoms with E-state index < -0.39 is 0 Å². The molecule has 0 aliphatic carbocycles. The van der Waals surface area contributed by atoms with E-state index in [-0.39, 0.29) is 17.2 Å². The molecular weight excluding hydrogens is 350 g/mol. The van der Waals surface area contributed by atoms with Crippen molar-refractivity contribution in [3.63, 3.8) is 0 Å². The maximum Gasteiger partial charge on any atom is 0.278 e. The molecule has 1 aromatic carbocycles. The first kappa shape index (κ1) is 16.8. The Hall–Kier alpha value is -2.61. The van der Waals surface area contributed by atoms with E-state index in [0.717, 1.165) is 25.1 Å². The number of thioether (sulfide) groups is 1. The molecule has 1 amide bonds. The van der Waals surface area contributed by atoms with Crippen molar-refractivity contribution < 1.29 is 4.79 Å². The van der Waals surface area contributed by atoms with Gasteiger partial charge < -0.3 is 14.5 Å². The third-order valence-corrected chi connectivity index (χ3v) is 5.52. The van der Waals surface area contributed by atoms with Crippen molar-refractivity contribution in [2.45, 2.75) is 31.5 Å². The number of aromatic amines is 1. The number of aromatic nitrogens is 4. The van der Waals surface area contributed by atoms with Gasteiger partial charge in [-0.15, -0.1) is 0 Å². The highest BCUT2D eigenvalue weighted by atomic mass is 32.2. The van der Waals surface area contributed by atoms with Crippen molar-refractivity contribution in [2.24, 2.45) is 0 Å². The number of para-hydroxylation sites is 1. The Balaban J connectivity index is 1.57. The first-order chi connectivity index (χ1) is 12.7. The summed E-state index contributed by atoms with van der Waals surface area (Å²) < 4.78 is 1.87. The average molecular weight is 369 g/mol. The van der Waals surface area contributed by atoms with Crippen molar-refractivity contribution >= 4 is 34.5 Å². The summed E-state index contributed by atoms with van der Waals surface area (Å²) in [5.74, 6) is 0.328. The average Bonchev–Trinajstić information content (AvgIpc) is 3.04. The normalized spacial score (nSPS) is 13.8. The van der Waals surface area contributed by atoms with Gasteiger partial charge in [0.05, 0.1) is 12.1 Å². The summed E-state index contributed by atoms with van der Waals surface area (Å²) in [6, 6.07) is 8.06. The highest BCUT2D eigenvalue weighted by Gasteiger charge is 2.23. The highest BCUT2D eigenvalue weighted by Crippen LogP contribution is 2.28. The summed E-state index contributed by atoms with van der Waals surface area (Å²) in [5.41, 5.74) is 2.82.